The maximum Gasteiger partial charge on any atom is 0.254 e. The Morgan fingerprint density at radius 3 is 2.36 bits per heavy atom. The van der Waals surface area contributed by atoms with Crippen molar-refractivity contribution in [2.75, 3.05) is 26.2 Å². The molecule has 0 aliphatic carbocycles. The summed E-state index contributed by atoms with van der Waals surface area (Å²) in [6.45, 7) is 5.46. The van der Waals surface area contributed by atoms with Gasteiger partial charge in [0.25, 0.3) is 5.91 Å². The van der Waals surface area contributed by atoms with E-state index < -0.39 is 6.10 Å². The summed E-state index contributed by atoms with van der Waals surface area (Å²) in [6, 6.07) is 25.5. The molecule has 3 aromatic rings. The van der Waals surface area contributed by atoms with Gasteiger partial charge in [0.1, 0.15) is 11.5 Å². The first kappa shape index (κ1) is 23.3. The Labute approximate surface area is 213 Å². The SMILES string of the molecule is CC(c1ccccc1)N1CCC(C2c3ccccc3Oc3cc(C(=O)N4CC[C@H](O)C4)ccc32)CC1. The Kier molecular flexibility index (Phi) is 6.28. The van der Waals surface area contributed by atoms with Gasteiger partial charge in [0.2, 0.25) is 0 Å². The first-order chi connectivity index (χ1) is 17.6. The quantitative estimate of drug-likeness (QED) is 0.526. The predicted molar refractivity (Wildman–Crippen MR) is 140 cm³/mol. The molecular weight excluding hydrogens is 448 g/mol. The second-order valence-corrected chi connectivity index (χ2v) is 10.5. The minimum Gasteiger partial charge on any atom is -0.457 e. The molecule has 2 fully saturated rings. The van der Waals surface area contributed by atoms with Crippen molar-refractivity contribution in [2.45, 2.75) is 44.2 Å². The van der Waals surface area contributed by atoms with Crippen molar-refractivity contribution in [3.05, 3.63) is 95.1 Å². The molecule has 0 radical (unpaired) electrons. The lowest BCUT2D eigenvalue weighted by atomic mass is 9.74. The van der Waals surface area contributed by atoms with Gasteiger partial charge in [-0.1, -0.05) is 54.6 Å². The van der Waals surface area contributed by atoms with Crippen LogP contribution < -0.4 is 4.74 Å². The van der Waals surface area contributed by atoms with E-state index in [2.05, 4.69) is 60.4 Å². The molecule has 0 bridgehead atoms. The molecule has 3 aliphatic rings. The summed E-state index contributed by atoms with van der Waals surface area (Å²) < 4.78 is 6.36. The van der Waals surface area contributed by atoms with E-state index in [1.807, 2.05) is 24.3 Å². The van der Waals surface area contributed by atoms with Crippen LogP contribution in [0.25, 0.3) is 0 Å². The standard InChI is InChI=1S/C31H34N2O3/c1-21(22-7-3-2-4-8-22)32-16-13-23(14-17-32)30-26-9-5-6-10-28(26)36-29-19-24(11-12-27(29)30)31(35)33-18-15-25(34)20-33/h2-12,19,21,23,25,30,34H,13-18,20H2,1H3/t21?,25-,30?/m0/s1. The van der Waals surface area contributed by atoms with Gasteiger partial charge in [0.15, 0.2) is 0 Å². The Bertz CT molecular complexity index is 1240. The van der Waals surface area contributed by atoms with Crippen LogP contribution in [0, 0.1) is 5.92 Å². The van der Waals surface area contributed by atoms with Crippen LogP contribution in [0.2, 0.25) is 0 Å². The van der Waals surface area contributed by atoms with Crippen molar-refractivity contribution in [3.8, 4) is 11.5 Å². The number of amides is 1. The fraction of sp³-hybridized carbons (Fsp3) is 0.387. The highest BCUT2D eigenvalue weighted by Crippen LogP contribution is 2.50. The van der Waals surface area contributed by atoms with Crippen LogP contribution in [0.5, 0.6) is 11.5 Å². The number of piperidine rings is 1. The summed E-state index contributed by atoms with van der Waals surface area (Å²) in [5.41, 5.74) is 4.44. The van der Waals surface area contributed by atoms with Crippen molar-refractivity contribution >= 4 is 5.91 Å². The van der Waals surface area contributed by atoms with Crippen LogP contribution in [-0.2, 0) is 0 Å². The zero-order chi connectivity index (χ0) is 24.6. The number of aliphatic hydroxyl groups excluding tert-OH is 1. The molecule has 5 nitrogen and oxygen atoms in total. The average molecular weight is 483 g/mol. The van der Waals surface area contributed by atoms with Gasteiger partial charge in [0, 0.05) is 41.7 Å². The molecule has 2 saturated heterocycles. The van der Waals surface area contributed by atoms with Gasteiger partial charge in [-0.05, 0) is 69.0 Å². The summed E-state index contributed by atoms with van der Waals surface area (Å²) in [5, 5.41) is 9.87. The molecule has 3 atom stereocenters. The van der Waals surface area contributed by atoms with Gasteiger partial charge in [-0.3, -0.25) is 9.69 Å². The molecule has 36 heavy (non-hydrogen) atoms. The molecule has 0 saturated carbocycles. The largest absolute Gasteiger partial charge is 0.457 e. The molecule has 3 aliphatic heterocycles. The lowest BCUT2D eigenvalue weighted by Crippen LogP contribution is -2.38. The molecule has 2 unspecified atom stereocenters. The van der Waals surface area contributed by atoms with E-state index >= 15 is 0 Å². The van der Waals surface area contributed by atoms with Crippen molar-refractivity contribution in [1.82, 2.24) is 9.80 Å². The lowest BCUT2D eigenvalue weighted by molar-refractivity contribution is 0.0764. The number of para-hydroxylation sites is 1. The number of nitrogens with zero attached hydrogens (tertiary/aromatic N) is 2. The zero-order valence-electron chi connectivity index (χ0n) is 20.8. The van der Waals surface area contributed by atoms with E-state index in [-0.39, 0.29) is 11.8 Å². The van der Waals surface area contributed by atoms with Crippen molar-refractivity contribution in [3.63, 3.8) is 0 Å². The van der Waals surface area contributed by atoms with E-state index in [1.54, 1.807) is 4.90 Å². The Balaban J connectivity index is 1.25. The molecule has 1 amide bonds. The van der Waals surface area contributed by atoms with Crippen LogP contribution in [0.3, 0.4) is 0 Å². The Morgan fingerprint density at radius 1 is 0.889 bits per heavy atom. The van der Waals surface area contributed by atoms with Crippen LogP contribution in [0.1, 0.15) is 65.2 Å². The molecule has 5 heteroatoms. The zero-order valence-corrected chi connectivity index (χ0v) is 20.8. The predicted octanol–water partition coefficient (Wildman–Crippen LogP) is 5.60. The first-order valence-corrected chi connectivity index (χ1v) is 13.3. The second kappa shape index (κ2) is 9.72. The topological polar surface area (TPSA) is 53.0 Å². The highest BCUT2D eigenvalue weighted by molar-refractivity contribution is 5.95. The number of benzene rings is 3. The third-order valence-electron chi connectivity index (χ3n) is 8.40. The third kappa shape index (κ3) is 4.31. The van der Waals surface area contributed by atoms with Gasteiger partial charge in [-0.2, -0.15) is 0 Å². The van der Waals surface area contributed by atoms with Crippen molar-refractivity contribution in [2.24, 2.45) is 5.92 Å². The third-order valence-corrected chi connectivity index (χ3v) is 8.40. The normalized spacial score (nSPS) is 23.0. The summed E-state index contributed by atoms with van der Waals surface area (Å²) in [4.78, 5) is 17.4. The molecule has 1 N–H and O–H groups in total. The summed E-state index contributed by atoms with van der Waals surface area (Å²) >= 11 is 0. The summed E-state index contributed by atoms with van der Waals surface area (Å²) in [7, 11) is 0. The molecule has 0 spiro atoms. The Morgan fingerprint density at radius 2 is 1.61 bits per heavy atom. The number of fused-ring (bicyclic) bond motifs is 2. The average Bonchev–Trinajstić information content (AvgIpc) is 3.37. The number of β-amino-alcohol motifs (C(OH)–C–C–N with tert-alkyl or cyclic N) is 1. The van der Waals surface area contributed by atoms with Gasteiger partial charge in [-0.25, -0.2) is 0 Å². The van der Waals surface area contributed by atoms with Gasteiger partial charge in [-0.15, -0.1) is 0 Å². The maximum absolute atomic E-state index is 13.1. The van der Waals surface area contributed by atoms with Crippen LogP contribution in [0.15, 0.2) is 72.8 Å². The molecule has 6 rings (SSSR count). The highest BCUT2D eigenvalue weighted by Gasteiger charge is 2.36. The Hall–Kier alpha value is -3.15. The number of carbonyl (C=O) groups is 1. The summed E-state index contributed by atoms with van der Waals surface area (Å²) in [6.07, 6.45) is 2.48. The number of rotatable bonds is 4. The summed E-state index contributed by atoms with van der Waals surface area (Å²) in [5.74, 6) is 2.44. The van der Waals surface area contributed by atoms with Crippen molar-refractivity contribution in [1.29, 1.82) is 0 Å². The van der Waals surface area contributed by atoms with E-state index in [1.165, 1.54) is 16.7 Å². The molecule has 3 heterocycles. The minimum atomic E-state index is -0.422. The molecule has 3 aromatic carbocycles. The minimum absolute atomic E-state index is 0.0310. The fourth-order valence-electron chi connectivity index (χ4n) is 6.33. The number of ether oxygens (including phenoxy) is 1. The fourth-order valence-corrected chi connectivity index (χ4v) is 6.33. The van der Waals surface area contributed by atoms with Gasteiger partial charge >= 0.3 is 0 Å². The maximum atomic E-state index is 13.1. The van der Waals surface area contributed by atoms with Gasteiger partial charge in [0.05, 0.1) is 6.10 Å². The lowest BCUT2D eigenvalue weighted by Gasteiger charge is -2.41. The van der Waals surface area contributed by atoms with E-state index in [0.717, 1.165) is 37.4 Å². The van der Waals surface area contributed by atoms with Crippen LogP contribution >= 0.6 is 0 Å². The van der Waals surface area contributed by atoms with Crippen molar-refractivity contribution < 1.29 is 14.6 Å². The van der Waals surface area contributed by atoms with E-state index in [9.17, 15) is 9.90 Å². The number of hydrogen-bond acceptors (Lipinski definition) is 4. The highest BCUT2D eigenvalue weighted by atomic mass is 16.5. The smallest absolute Gasteiger partial charge is 0.254 e. The van der Waals surface area contributed by atoms with Crippen LogP contribution in [0.4, 0.5) is 0 Å². The first-order valence-electron chi connectivity index (χ1n) is 13.3. The molecule has 0 aromatic heterocycles. The van der Waals surface area contributed by atoms with Gasteiger partial charge < -0.3 is 14.7 Å². The molecule has 186 valence electrons. The number of likely N-dealkylation sites (tertiary alicyclic amines) is 2. The number of hydrogen-bond donors (Lipinski definition) is 1. The molecular formula is C31H34N2O3. The number of aliphatic hydroxyl groups is 1. The number of carbonyl (C=O) groups excluding carboxylic acids is 1. The van der Waals surface area contributed by atoms with Crippen LogP contribution in [-0.4, -0.2) is 53.1 Å². The second-order valence-electron chi connectivity index (χ2n) is 10.5. The van der Waals surface area contributed by atoms with E-state index in [0.29, 0.717) is 37.0 Å². The van der Waals surface area contributed by atoms with E-state index in [4.69, 9.17) is 4.74 Å². The monoisotopic (exact) mass is 482 g/mol.